The highest BCUT2D eigenvalue weighted by molar-refractivity contribution is 5.07. The van der Waals surface area contributed by atoms with E-state index < -0.39 is 0 Å². The van der Waals surface area contributed by atoms with Gasteiger partial charge in [0.25, 0.3) is 0 Å². The van der Waals surface area contributed by atoms with Crippen LogP contribution in [0.4, 0.5) is 0 Å². The summed E-state index contributed by atoms with van der Waals surface area (Å²) in [5, 5.41) is 0. The molecule has 0 aromatic carbocycles. The second kappa shape index (κ2) is 11.8. The van der Waals surface area contributed by atoms with E-state index in [1.165, 1.54) is 89.9 Å². The Morgan fingerprint density at radius 1 is 0.541 bits per heavy atom. The van der Waals surface area contributed by atoms with E-state index in [-0.39, 0.29) is 0 Å². The Hall–Kier alpha value is -0.0400. The Kier molecular flexibility index (Phi) is 8.68. The Balaban J connectivity index is 1.16. The van der Waals surface area contributed by atoms with Gasteiger partial charge in [0.05, 0.1) is 0 Å². The topological polar surface area (TPSA) is 3.24 Å². The van der Waals surface area contributed by atoms with Crippen LogP contribution in [0.25, 0.3) is 0 Å². The molecule has 6 aliphatic carbocycles. The minimum atomic E-state index is 0.595. The van der Waals surface area contributed by atoms with Crippen molar-refractivity contribution in [2.45, 2.75) is 180 Å². The quantitative estimate of drug-likeness (QED) is 0.344. The summed E-state index contributed by atoms with van der Waals surface area (Å²) in [5.41, 5.74) is 0.595. The smallest absolute Gasteiger partial charge is 0.0104 e. The van der Waals surface area contributed by atoms with Crippen molar-refractivity contribution in [2.24, 2.45) is 46.8 Å². The summed E-state index contributed by atoms with van der Waals surface area (Å²) in [6.45, 7) is 7.85. The average Bonchev–Trinajstić information content (AvgIpc) is 3.17. The number of hydrogen-bond donors (Lipinski definition) is 0. The van der Waals surface area contributed by atoms with Gasteiger partial charge in [0.1, 0.15) is 0 Å². The zero-order valence-electron chi connectivity index (χ0n) is 25.3. The molecule has 6 rings (SSSR count). The van der Waals surface area contributed by atoms with E-state index in [0.717, 1.165) is 59.6 Å². The summed E-state index contributed by atoms with van der Waals surface area (Å²) in [6, 6.07) is 2.74. The molecule has 212 valence electrons. The summed E-state index contributed by atoms with van der Waals surface area (Å²) in [4.78, 5) is 3.30. The predicted molar refractivity (Wildman–Crippen MR) is 159 cm³/mol. The molecule has 5 atom stereocenters. The fourth-order valence-corrected chi connectivity index (χ4v) is 12.2. The molecule has 1 heteroatoms. The molecule has 6 fully saturated rings. The minimum absolute atomic E-state index is 0.595. The second-order valence-corrected chi connectivity index (χ2v) is 16.0. The van der Waals surface area contributed by atoms with Crippen LogP contribution in [-0.2, 0) is 0 Å². The molecule has 37 heavy (non-hydrogen) atoms. The van der Waals surface area contributed by atoms with Crippen LogP contribution in [0, 0.1) is 46.8 Å². The Bertz CT molecular complexity index is 704. The summed E-state index contributed by atoms with van der Waals surface area (Å²) in [6.07, 6.45) is 33.7. The van der Waals surface area contributed by atoms with Crippen LogP contribution < -0.4 is 0 Å². The predicted octanol–water partition coefficient (Wildman–Crippen LogP) is 10.4. The third-order valence-corrected chi connectivity index (χ3v) is 14.0. The van der Waals surface area contributed by atoms with E-state index in [0.29, 0.717) is 5.41 Å². The van der Waals surface area contributed by atoms with Gasteiger partial charge in [0.2, 0.25) is 0 Å². The highest BCUT2D eigenvalue weighted by Gasteiger charge is 2.57. The minimum Gasteiger partial charge on any atom is -0.294 e. The lowest BCUT2D eigenvalue weighted by Gasteiger charge is -2.52. The average molecular weight is 510 g/mol. The van der Waals surface area contributed by atoms with Gasteiger partial charge in [-0.05, 0) is 130 Å². The van der Waals surface area contributed by atoms with Crippen molar-refractivity contribution in [3.8, 4) is 0 Å². The van der Waals surface area contributed by atoms with Crippen LogP contribution in [0.2, 0.25) is 0 Å². The highest BCUT2D eigenvalue weighted by Crippen LogP contribution is 2.63. The molecule has 6 saturated carbocycles. The maximum atomic E-state index is 3.30. The molecule has 5 unspecified atom stereocenters. The van der Waals surface area contributed by atoms with Crippen LogP contribution in [0.5, 0.6) is 0 Å². The fourth-order valence-electron chi connectivity index (χ4n) is 12.2. The highest BCUT2D eigenvalue weighted by atomic mass is 15.2. The fraction of sp³-hybridized carbons (Fsp3) is 1.00. The molecule has 0 aliphatic heterocycles. The monoisotopic (exact) mass is 509 g/mol. The maximum absolute atomic E-state index is 3.30. The van der Waals surface area contributed by atoms with Crippen molar-refractivity contribution in [1.29, 1.82) is 0 Å². The summed E-state index contributed by atoms with van der Waals surface area (Å²) in [7, 11) is 0. The third kappa shape index (κ3) is 5.48. The SMILES string of the molecule is CCCC1CCC(N(C2CCC(C3CCCCC3)CC2)C2CCC3C4CCCCC4C(C)(C)C3C2)CC1. The lowest BCUT2D eigenvalue weighted by atomic mass is 9.66. The molecule has 0 aromatic rings. The maximum Gasteiger partial charge on any atom is 0.0104 e. The van der Waals surface area contributed by atoms with Gasteiger partial charge < -0.3 is 0 Å². The van der Waals surface area contributed by atoms with Crippen molar-refractivity contribution < 1.29 is 0 Å². The molecule has 1 nitrogen and oxygen atoms in total. The first-order valence-electron chi connectivity index (χ1n) is 17.8. The standard InChI is InChI=1S/C36H63N/c1-4-10-26-15-19-29(20-16-26)37(30-21-17-28(18-22-30)27-11-6-5-7-12-27)31-23-24-33-32-13-8-9-14-34(32)36(2,3)35(33)25-31/h26-35H,4-25H2,1-3H3. The molecular formula is C36H63N. The molecule has 0 saturated heterocycles. The first-order chi connectivity index (χ1) is 18.1. The molecule has 6 aliphatic rings. The van der Waals surface area contributed by atoms with E-state index in [1.807, 2.05) is 0 Å². The van der Waals surface area contributed by atoms with E-state index in [9.17, 15) is 0 Å². The van der Waals surface area contributed by atoms with Crippen LogP contribution in [0.1, 0.15) is 162 Å². The van der Waals surface area contributed by atoms with Crippen molar-refractivity contribution >= 4 is 0 Å². The molecule has 0 amide bonds. The van der Waals surface area contributed by atoms with E-state index in [4.69, 9.17) is 0 Å². The second-order valence-electron chi connectivity index (χ2n) is 16.0. The Morgan fingerprint density at radius 3 is 1.81 bits per heavy atom. The number of nitrogens with zero attached hydrogens (tertiary/aromatic N) is 1. The lowest BCUT2D eigenvalue weighted by molar-refractivity contribution is -0.0232. The van der Waals surface area contributed by atoms with Crippen LogP contribution in [0.15, 0.2) is 0 Å². The number of fused-ring (bicyclic) bond motifs is 3. The van der Waals surface area contributed by atoms with Gasteiger partial charge in [-0.15, -0.1) is 0 Å². The van der Waals surface area contributed by atoms with Crippen molar-refractivity contribution in [1.82, 2.24) is 4.90 Å². The third-order valence-electron chi connectivity index (χ3n) is 14.0. The van der Waals surface area contributed by atoms with Gasteiger partial charge in [0, 0.05) is 18.1 Å². The molecule has 0 N–H and O–H groups in total. The van der Waals surface area contributed by atoms with Gasteiger partial charge in [-0.3, -0.25) is 4.90 Å². The summed E-state index contributed by atoms with van der Waals surface area (Å²) < 4.78 is 0. The van der Waals surface area contributed by atoms with E-state index in [2.05, 4.69) is 25.7 Å². The first kappa shape index (κ1) is 27.1. The van der Waals surface area contributed by atoms with E-state index in [1.54, 1.807) is 51.4 Å². The number of hydrogen-bond acceptors (Lipinski definition) is 1. The number of rotatable bonds is 6. The van der Waals surface area contributed by atoms with Crippen molar-refractivity contribution in [3.05, 3.63) is 0 Å². The lowest BCUT2D eigenvalue weighted by Crippen LogP contribution is -2.54. The van der Waals surface area contributed by atoms with Gasteiger partial charge in [-0.1, -0.05) is 78.6 Å². The zero-order chi connectivity index (χ0) is 25.4. The first-order valence-corrected chi connectivity index (χ1v) is 17.8. The summed E-state index contributed by atoms with van der Waals surface area (Å²) in [5.74, 6) is 7.41. The van der Waals surface area contributed by atoms with Gasteiger partial charge >= 0.3 is 0 Å². The van der Waals surface area contributed by atoms with Crippen LogP contribution in [-0.4, -0.2) is 23.0 Å². The molecule has 0 radical (unpaired) electrons. The van der Waals surface area contributed by atoms with Crippen molar-refractivity contribution in [3.63, 3.8) is 0 Å². The molecule has 0 aromatic heterocycles. The van der Waals surface area contributed by atoms with Crippen LogP contribution >= 0.6 is 0 Å². The van der Waals surface area contributed by atoms with Gasteiger partial charge in [0.15, 0.2) is 0 Å². The molecular weight excluding hydrogens is 446 g/mol. The Morgan fingerprint density at radius 2 is 1.11 bits per heavy atom. The normalized spacial score (nSPS) is 44.9. The molecule has 0 heterocycles. The molecule has 0 bridgehead atoms. The summed E-state index contributed by atoms with van der Waals surface area (Å²) >= 11 is 0. The van der Waals surface area contributed by atoms with E-state index >= 15 is 0 Å². The largest absolute Gasteiger partial charge is 0.294 e. The van der Waals surface area contributed by atoms with Gasteiger partial charge in [-0.2, -0.15) is 0 Å². The zero-order valence-corrected chi connectivity index (χ0v) is 25.3. The van der Waals surface area contributed by atoms with Gasteiger partial charge in [-0.25, -0.2) is 0 Å². The van der Waals surface area contributed by atoms with Crippen molar-refractivity contribution in [2.75, 3.05) is 0 Å². The molecule has 0 spiro atoms. The van der Waals surface area contributed by atoms with Crippen LogP contribution in [0.3, 0.4) is 0 Å². The Labute approximate surface area is 231 Å².